The van der Waals surface area contributed by atoms with Crippen LogP contribution in [0.5, 0.6) is 0 Å². The maximum atomic E-state index is 11.6. The number of nitrogens with one attached hydrogen (secondary N) is 2. The maximum absolute atomic E-state index is 11.6. The van der Waals surface area contributed by atoms with Crippen LogP contribution in [0.25, 0.3) is 0 Å². The van der Waals surface area contributed by atoms with Gasteiger partial charge in [0.2, 0.25) is 0 Å². The minimum atomic E-state index is -0.476. The van der Waals surface area contributed by atoms with Crippen LogP contribution in [0, 0.1) is 6.92 Å². The van der Waals surface area contributed by atoms with Crippen molar-refractivity contribution in [1.82, 2.24) is 9.97 Å². The van der Waals surface area contributed by atoms with Crippen molar-refractivity contribution in [2.75, 3.05) is 6.61 Å². The van der Waals surface area contributed by atoms with Crippen molar-refractivity contribution >= 4 is 0 Å². The van der Waals surface area contributed by atoms with Gasteiger partial charge in [0.1, 0.15) is 0 Å². The predicted octanol–water partition coefficient (Wildman–Crippen LogP) is 1.13. The minimum absolute atomic E-state index is 0.343. The second kappa shape index (κ2) is 6.15. The third-order valence-corrected chi connectivity index (χ3v) is 2.86. The molecule has 0 aliphatic carbocycles. The van der Waals surface area contributed by atoms with Crippen LogP contribution in [0.2, 0.25) is 0 Å². The molecule has 2 rings (SSSR count). The lowest BCUT2D eigenvalue weighted by Gasteiger charge is -2.05. The lowest BCUT2D eigenvalue weighted by molar-refractivity contribution is 0.123. The number of aromatic amines is 2. The summed E-state index contributed by atoms with van der Waals surface area (Å²) >= 11 is 0. The molecular weight excluding hydrogens is 244 g/mol. The molecule has 5 heteroatoms. The normalized spacial score (nSPS) is 10.6. The third-order valence-electron chi connectivity index (χ3n) is 2.86. The molecule has 100 valence electrons. The van der Waals surface area contributed by atoms with E-state index in [9.17, 15) is 9.59 Å². The first-order valence-electron chi connectivity index (χ1n) is 6.10. The van der Waals surface area contributed by atoms with Gasteiger partial charge in [-0.2, -0.15) is 0 Å². The highest BCUT2D eigenvalue weighted by atomic mass is 16.5. The molecule has 0 aliphatic heterocycles. The molecule has 0 fully saturated rings. The average Bonchev–Trinajstić information content (AvgIpc) is 2.38. The third kappa shape index (κ3) is 3.66. The Morgan fingerprint density at radius 2 is 1.84 bits per heavy atom. The Morgan fingerprint density at radius 1 is 1.11 bits per heavy atom. The maximum Gasteiger partial charge on any atom is 0.325 e. The number of ether oxygens (including phenoxy) is 1. The van der Waals surface area contributed by atoms with Crippen LogP contribution in [0.3, 0.4) is 0 Å². The van der Waals surface area contributed by atoms with Gasteiger partial charge in [-0.3, -0.25) is 9.78 Å². The summed E-state index contributed by atoms with van der Waals surface area (Å²) < 4.78 is 5.52. The fourth-order valence-corrected chi connectivity index (χ4v) is 1.87. The minimum Gasteiger partial charge on any atom is -0.376 e. The summed E-state index contributed by atoms with van der Waals surface area (Å²) in [7, 11) is 0. The van der Waals surface area contributed by atoms with Crippen LogP contribution < -0.4 is 11.2 Å². The van der Waals surface area contributed by atoms with Crippen molar-refractivity contribution in [3.63, 3.8) is 0 Å². The van der Waals surface area contributed by atoms with Crippen LogP contribution >= 0.6 is 0 Å². The average molecular weight is 260 g/mol. The summed E-state index contributed by atoms with van der Waals surface area (Å²) in [6.45, 7) is 2.66. The summed E-state index contributed by atoms with van der Waals surface area (Å²) in [5.41, 5.74) is 1.43. The Labute approximate surface area is 110 Å². The topological polar surface area (TPSA) is 75.0 Å². The monoisotopic (exact) mass is 260 g/mol. The Morgan fingerprint density at radius 3 is 2.53 bits per heavy atom. The van der Waals surface area contributed by atoms with E-state index in [2.05, 4.69) is 9.97 Å². The highest BCUT2D eigenvalue weighted by Crippen LogP contribution is 2.02. The number of H-pyrrole nitrogens is 2. The molecule has 19 heavy (non-hydrogen) atoms. The summed E-state index contributed by atoms with van der Waals surface area (Å²) in [5, 5.41) is 0. The van der Waals surface area contributed by atoms with Crippen molar-refractivity contribution in [2.45, 2.75) is 20.0 Å². The number of hydrogen-bond acceptors (Lipinski definition) is 3. The van der Waals surface area contributed by atoms with Gasteiger partial charge in [-0.05, 0) is 12.5 Å². The van der Waals surface area contributed by atoms with Crippen LogP contribution in [-0.2, 0) is 17.8 Å². The van der Waals surface area contributed by atoms with Crippen LogP contribution in [-0.4, -0.2) is 16.6 Å². The van der Waals surface area contributed by atoms with E-state index in [1.165, 1.54) is 0 Å². The number of rotatable bonds is 5. The molecule has 0 saturated heterocycles. The van der Waals surface area contributed by atoms with Gasteiger partial charge in [-0.1, -0.05) is 30.3 Å². The summed E-state index contributed by atoms with van der Waals surface area (Å²) in [6.07, 6.45) is 0.477. The molecule has 0 bridgehead atoms. The van der Waals surface area contributed by atoms with Crippen molar-refractivity contribution in [3.05, 3.63) is 68.0 Å². The smallest absolute Gasteiger partial charge is 0.325 e. The van der Waals surface area contributed by atoms with Gasteiger partial charge in [0, 0.05) is 17.7 Å². The van der Waals surface area contributed by atoms with E-state index in [0.29, 0.717) is 30.9 Å². The Hall–Kier alpha value is -2.14. The number of aryl methyl sites for hydroxylation is 1. The standard InChI is InChI=1S/C14H16N2O3/c1-10-12(13(17)16-14(18)15-10)7-8-19-9-11-5-3-2-4-6-11/h2-6H,7-9H2,1H3,(H2,15,16,17,18). The quantitative estimate of drug-likeness (QED) is 0.791. The van der Waals surface area contributed by atoms with Crippen molar-refractivity contribution in [2.24, 2.45) is 0 Å². The van der Waals surface area contributed by atoms with E-state index < -0.39 is 5.69 Å². The van der Waals surface area contributed by atoms with Crippen LogP contribution in [0.15, 0.2) is 39.9 Å². The SMILES string of the molecule is Cc1[nH]c(=O)[nH]c(=O)c1CCOCc1ccccc1. The highest BCUT2D eigenvalue weighted by Gasteiger charge is 2.05. The predicted molar refractivity (Wildman–Crippen MR) is 72.2 cm³/mol. The first-order valence-corrected chi connectivity index (χ1v) is 6.10. The van der Waals surface area contributed by atoms with Crippen LogP contribution in [0.1, 0.15) is 16.8 Å². The van der Waals surface area contributed by atoms with Gasteiger partial charge in [0.05, 0.1) is 13.2 Å². The summed E-state index contributed by atoms with van der Waals surface area (Å²) in [5.74, 6) is 0. The molecule has 2 aromatic rings. The Balaban J connectivity index is 1.90. The van der Waals surface area contributed by atoms with Crippen molar-refractivity contribution in [3.8, 4) is 0 Å². The molecule has 0 radical (unpaired) electrons. The molecule has 0 atom stereocenters. The van der Waals surface area contributed by atoms with Gasteiger partial charge in [0.15, 0.2) is 0 Å². The van der Waals surface area contributed by atoms with Crippen molar-refractivity contribution < 1.29 is 4.74 Å². The molecule has 0 saturated carbocycles. The van der Waals surface area contributed by atoms with E-state index >= 15 is 0 Å². The molecule has 1 aromatic heterocycles. The lowest BCUT2D eigenvalue weighted by atomic mass is 10.2. The fourth-order valence-electron chi connectivity index (χ4n) is 1.87. The zero-order chi connectivity index (χ0) is 13.7. The summed E-state index contributed by atoms with van der Waals surface area (Å²) in [6, 6.07) is 9.83. The van der Waals surface area contributed by atoms with Gasteiger partial charge < -0.3 is 9.72 Å². The number of benzene rings is 1. The Bertz CT molecular complexity index is 644. The second-order valence-corrected chi connectivity index (χ2v) is 4.30. The molecule has 0 unspecified atom stereocenters. The molecule has 1 aromatic carbocycles. The molecule has 0 amide bonds. The van der Waals surface area contributed by atoms with Gasteiger partial charge in [0.25, 0.3) is 5.56 Å². The van der Waals surface area contributed by atoms with E-state index in [4.69, 9.17) is 4.74 Å². The fraction of sp³-hybridized carbons (Fsp3) is 0.286. The van der Waals surface area contributed by atoms with Gasteiger partial charge in [-0.15, -0.1) is 0 Å². The largest absolute Gasteiger partial charge is 0.376 e. The van der Waals surface area contributed by atoms with Gasteiger partial charge >= 0.3 is 5.69 Å². The molecule has 5 nitrogen and oxygen atoms in total. The first-order chi connectivity index (χ1) is 9.16. The molecule has 2 N–H and O–H groups in total. The molecular formula is C14H16N2O3. The number of hydrogen-bond donors (Lipinski definition) is 2. The number of aromatic nitrogens is 2. The van der Waals surface area contributed by atoms with E-state index in [1.54, 1.807) is 6.92 Å². The second-order valence-electron chi connectivity index (χ2n) is 4.30. The van der Waals surface area contributed by atoms with E-state index in [1.807, 2.05) is 30.3 Å². The van der Waals surface area contributed by atoms with E-state index in [-0.39, 0.29) is 5.56 Å². The zero-order valence-corrected chi connectivity index (χ0v) is 10.7. The summed E-state index contributed by atoms with van der Waals surface area (Å²) in [4.78, 5) is 27.4. The van der Waals surface area contributed by atoms with Gasteiger partial charge in [-0.25, -0.2) is 4.79 Å². The first kappa shape index (κ1) is 13.3. The molecule has 1 heterocycles. The lowest BCUT2D eigenvalue weighted by Crippen LogP contribution is -2.27. The van der Waals surface area contributed by atoms with Crippen molar-refractivity contribution in [1.29, 1.82) is 0 Å². The molecule has 0 spiro atoms. The molecule has 0 aliphatic rings. The highest BCUT2D eigenvalue weighted by molar-refractivity contribution is 5.15. The van der Waals surface area contributed by atoms with E-state index in [0.717, 1.165) is 5.56 Å². The zero-order valence-electron chi connectivity index (χ0n) is 10.7. The van der Waals surface area contributed by atoms with Crippen LogP contribution in [0.4, 0.5) is 0 Å². The Kier molecular flexibility index (Phi) is 4.30.